The van der Waals surface area contributed by atoms with Crippen LogP contribution in [0, 0.1) is 0 Å². The van der Waals surface area contributed by atoms with Gasteiger partial charge in [-0.2, -0.15) is 0 Å². The Bertz CT molecular complexity index is 3660. The molecule has 0 N–H and O–H groups in total. The molecule has 0 aromatic heterocycles. The van der Waals surface area contributed by atoms with Gasteiger partial charge in [0.25, 0.3) is 0 Å². The molecule has 1 aliphatic rings. The fraction of sp³-hybridized carbons (Fsp3) is 0.0270. The van der Waals surface area contributed by atoms with Gasteiger partial charge >= 0.3 is 0 Å². The zero-order chi connectivity index (χ0) is 52.3. The summed E-state index contributed by atoms with van der Waals surface area (Å²) in [6.07, 6.45) is 0. The predicted octanol–water partition coefficient (Wildman–Crippen LogP) is 20.6. The van der Waals surface area contributed by atoms with Gasteiger partial charge in [0.2, 0.25) is 0 Å². The maximum absolute atomic E-state index is 2.47. The van der Waals surface area contributed by atoms with Crippen LogP contribution >= 0.6 is 0 Å². The number of hydrogen-bond acceptors (Lipinski definition) is 4. The minimum Gasteiger partial charge on any atom is -0.311 e. The van der Waals surface area contributed by atoms with Crippen molar-refractivity contribution in [2.45, 2.75) is 12.3 Å². The van der Waals surface area contributed by atoms with Crippen LogP contribution in [0.3, 0.4) is 0 Å². The number of anilines is 12. The summed E-state index contributed by atoms with van der Waals surface area (Å²) in [7, 11) is 0. The molecule has 0 saturated carbocycles. The first-order chi connectivity index (χ1) is 38.6. The van der Waals surface area contributed by atoms with Gasteiger partial charge in [0.15, 0.2) is 0 Å². The van der Waals surface area contributed by atoms with E-state index in [1.54, 1.807) is 0 Å². The Morgan fingerprint density at radius 2 is 0.385 bits per heavy atom. The maximum Gasteiger partial charge on any atom is 0.0465 e. The van der Waals surface area contributed by atoms with E-state index < -0.39 is 5.41 Å². The molecule has 0 bridgehead atoms. The molecule has 0 radical (unpaired) electrons. The first-order valence-electron chi connectivity index (χ1n) is 26.8. The summed E-state index contributed by atoms with van der Waals surface area (Å²) in [4.78, 5) is 9.49. The van der Waals surface area contributed by atoms with E-state index in [9.17, 15) is 0 Å². The quantitative estimate of drug-likeness (QED) is 0.108. The first-order valence-corrected chi connectivity index (χ1v) is 26.8. The number of nitrogens with zero attached hydrogens (tertiary/aromatic N) is 4. The number of para-hydroxylation sites is 8. The molecule has 372 valence electrons. The van der Waals surface area contributed by atoms with Crippen LogP contribution in [0.15, 0.2) is 322 Å². The molecule has 0 unspecified atom stereocenters. The van der Waals surface area contributed by atoms with E-state index in [2.05, 4.69) is 348 Å². The lowest BCUT2D eigenvalue weighted by Gasteiger charge is -2.35. The van der Waals surface area contributed by atoms with Crippen molar-refractivity contribution in [1.29, 1.82) is 0 Å². The average molecular weight is 1000 g/mol. The standard InChI is InChI=1S/C74H56N4/c1-74(71-52-65(76(58-30-14-4-15-31-58)59-32-16-5-17-33-59)46-49-68(71)55-42-44-64(45-43-55)75(56-26-10-2-11-27-56)57-28-12-3-13-29-57)72-53-66(77(60-34-18-6-19-35-60)61-36-20-7-21-37-61)47-50-69(72)70-51-48-67(54-73(70)74)78(62-38-22-8-23-39-62)63-40-24-9-25-41-63/h2-54H,1H3. The summed E-state index contributed by atoms with van der Waals surface area (Å²) < 4.78 is 0. The molecular weight excluding hydrogens is 945 g/mol. The van der Waals surface area contributed by atoms with Crippen LogP contribution in [0.5, 0.6) is 0 Å². The Labute approximate surface area is 458 Å². The van der Waals surface area contributed by atoms with Crippen molar-refractivity contribution >= 4 is 68.2 Å². The van der Waals surface area contributed by atoms with E-state index in [4.69, 9.17) is 0 Å². The zero-order valence-electron chi connectivity index (χ0n) is 43.4. The van der Waals surface area contributed by atoms with E-state index in [-0.39, 0.29) is 0 Å². The molecule has 4 nitrogen and oxygen atoms in total. The van der Waals surface area contributed by atoms with E-state index in [1.807, 2.05) is 0 Å². The third kappa shape index (κ3) is 8.85. The van der Waals surface area contributed by atoms with Crippen molar-refractivity contribution < 1.29 is 0 Å². The zero-order valence-corrected chi connectivity index (χ0v) is 43.4. The Balaban J connectivity index is 1.08. The van der Waals surface area contributed by atoms with Gasteiger partial charge in [-0.3, -0.25) is 0 Å². The monoisotopic (exact) mass is 1000 g/mol. The third-order valence-electron chi connectivity index (χ3n) is 15.2. The van der Waals surface area contributed by atoms with Crippen molar-refractivity contribution in [1.82, 2.24) is 0 Å². The molecule has 0 spiro atoms. The van der Waals surface area contributed by atoms with Gasteiger partial charge in [0.05, 0.1) is 0 Å². The topological polar surface area (TPSA) is 13.0 Å². The Kier molecular flexibility index (Phi) is 12.7. The fourth-order valence-electron chi connectivity index (χ4n) is 11.6. The second-order valence-electron chi connectivity index (χ2n) is 19.9. The molecule has 0 aliphatic heterocycles. The minimum absolute atomic E-state index is 0.710. The van der Waals surface area contributed by atoms with Gasteiger partial charge in [-0.1, -0.05) is 176 Å². The highest BCUT2D eigenvalue weighted by Gasteiger charge is 2.44. The highest BCUT2D eigenvalue weighted by Crippen LogP contribution is 2.58. The van der Waals surface area contributed by atoms with E-state index in [0.717, 1.165) is 79.4 Å². The summed E-state index contributed by atoms with van der Waals surface area (Å²) in [5.41, 5.74) is 20.7. The van der Waals surface area contributed by atoms with Gasteiger partial charge < -0.3 is 19.6 Å². The van der Waals surface area contributed by atoms with Gasteiger partial charge in [-0.15, -0.1) is 0 Å². The predicted molar refractivity (Wildman–Crippen MR) is 328 cm³/mol. The first kappa shape index (κ1) is 47.5. The highest BCUT2D eigenvalue weighted by atomic mass is 15.2. The van der Waals surface area contributed by atoms with Crippen LogP contribution in [0.2, 0.25) is 0 Å². The maximum atomic E-state index is 2.47. The number of rotatable bonds is 14. The summed E-state index contributed by atoms with van der Waals surface area (Å²) in [6.45, 7) is 2.47. The van der Waals surface area contributed by atoms with Crippen LogP contribution in [0.25, 0.3) is 22.3 Å². The molecule has 4 heteroatoms. The molecule has 13 rings (SSSR count). The van der Waals surface area contributed by atoms with Crippen molar-refractivity contribution in [2.75, 3.05) is 19.6 Å². The van der Waals surface area contributed by atoms with Crippen LogP contribution in [0.4, 0.5) is 68.2 Å². The Morgan fingerprint density at radius 1 is 0.192 bits per heavy atom. The highest BCUT2D eigenvalue weighted by molar-refractivity contribution is 5.93. The van der Waals surface area contributed by atoms with Gasteiger partial charge in [0.1, 0.15) is 0 Å². The lowest BCUT2D eigenvalue weighted by molar-refractivity contribution is 0.716. The second kappa shape index (κ2) is 20.9. The molecule has 12 aromatic rings. The largest absolute Gasteiger partial charge is 0.311 e. The smallest absolute Gasteiger partial charge is 0.0465 e. The lowest BCUT2D eigenvalue weighted by atomic mass is 9.71. The molecule has 0 atom stereocenters. The van der Waals surface area contributed by atoms with Crippen molar-refractivity contribution in [3.8, 4) is 22.3 Å². The normalized spacial score (nSPS) is 12.0. The summed E-state index contributed by atoms with van der Waals surface area (Å²) in [5.74, 6) is 0. The van der Waals surface area contributed by atoms with Crippen LogP contribution < -0.4 is 19.6 Å². The van der Waals surface area contributed by atoms with Gasteiger partial charge in [0, 0.05) is 73.7 Å². The minimum atomic E-state index is -0.710. The van der Waals surface area contributed by atoms with E-state index in [0.29, 0.717) is 0 Å². The van der Waals surface area contributed by atoms with Crippen LogP contribution in [0.1, 0.15) is 23.6 Å². The van der Waals surface area contributed by atoms with Crippen LogP contribution in [-0.2, 0) is 5.41 Å². The number of fused-ring (bicyclic) bond motifs is 3. The van der Waals surface area contributed by atoms with E-state index >= 15 is 0 Å². The third-order valence-corrected chi connectivity index (χ3v) is 15.2. The molecule has 0 amide bonds. The SMILES string of the molecule is CC1(c2cc(N(c3ccccc3)c3ccccc3)ccc2-c2ccc(N(c3ccccc3)c3ccccc3)cc2)c2cc(N(c3ccccc3)c3ccccc3)ccc2-c2ccc(N(c3ccccc3)c3ccccc3)cc21. The summed E-state index contributed by atoms with van der Waals surface area (Å²) in [6, 6.07) is 116. The molecule has 0 heterocycles. The van der Waals surface area contributed by atoms with E-state index in [1.165, 1.54) is 27.8 Å². The van der Waals surface area contributed by atoms with Gasteiger partial charge in [-0.05, 0) is 191 Å². The summed E-state index contributed by atoms with van der Waals surface area (Å²) >= 11 is 0. The molecule has 0 fully saturated rings. The number of benzene rings is 12. The van der Waals surface area contributed by atoms with Gasteiger partial charge in [-0.25, -0.2) is 0 Å². The lowest BCUT2D eigenvalue weighted by Crippen LogP contribution is -2.25. The Morgan fingerprint density at radius 3 is 0.641 bits per heavy atom. The molecule has 0 saturated heterocycles. The second-order valence-corrected chi connectivity index (χ2v) is 19.9. The van der Waals surface area contributed by atoms with Crippen molar-refractivity contribution in [2.24, 2.45) is 0 Å². The summed E-state index contributed by atoms with van der Waals surface area (Å²) in [5, 5.41) is 0. The van der Waals surface area contributed by atoms with Crippen molar-refractivity contribution in [3.05, 3.63) is 338 Å². The Hall–Kier alpha value is -10.2. The molecule has 78 heavy (non-hydrogen) atoms. The number of hydrogen-bond donors (Lipinski definition) is 0. The average Bonchev–Trinajstić information content (AvgIpc) is 3.99. The molecular formula is C74H56N4. The fourth-order valence-corrected chi connectivity index (χ4v) is 11.6. The van der Waals surface area contributed by atoms with Crippen molar-refractivity contribution in [3.63, 3.8) is 0 Å². The molecule has 1 aliphatic carbocycles. The van der Waals surface area contributed by atoms with Crippen LogP contribution in [-0.4, -0.2) is 0 Å². The molecule has 12 aromatic carbocycles.